The molecule has 0 radical (unpaired) electrons. The van der Waals surface area contributed by atoms with Gasteiger partial charge in [-0.25, -0.2) is 4.39 Å². The van der Waals surface area contributed by atoms with Crippen LogP contribution in [0.25, 0.3) is 10.9 Å². The maximum absolute atomic E-state index is 15.0. The van der Waals surface area contributed by atoms with E-state index in [9.17, 15) is 18.3 Å². The summed E-state index contributed by atoms with van der Waals surface area (Å²) in [5.41, 5.74) is 1.84. The van der Waals surface area contributed by atoms with Gasteiger partial charge in [-0.15, -0.1) is 0 Å². The lowest BCUT2D eigenvalue weighted by Crippen LogP contribution is -2.25. The molecule has 0 spiro atoms. The van der Waals surface area contributed by atoms with E-state index >= 15 is 0 Å². The van der Waals surface area contributed by atoms with Crippen LogP contribution in [0.3, 0.4) is 0 Å². The molecule has 174 valence electrons. The highest BCUT2D eigenvalue weighted by atomic mass is 35.5. The molecule has 4 rings (SSSR count). The molecule has 0 aliphatic rings. The molecular formula is C26H19ClF3N2OS-. The minimum Gasteiger partial charge on any atom is -0.858 e. The molecule has 0 atom stereocenters. The molecule has 1 aromatic heterocycles. The van der Waals surface area contributed by atoms with E-state index in [0.717, 1.165) is 17.3 Å². The second-order valence-corrected chi connectivity index (χ2v) is 9.36. The molecule has 3 aromatic carbocycles. The first kappa shape index (κ1) is 24.1. The van der Waals surface area contributed by atoms with Crippen molar-refractivity contribution in [3.63, 3.8) is 0 Å². The van der Waals surface area contributed by atoms with Crippen LogP contribution in [0.2, 0.25) is 5.02 Å². The third-order valence-electron chi connectivity index (χ3n) is 5.27. The lowest BCUT2D eigenvalue weighted by Gasteiger charge is -2.21. The average molecular weight is 500 g/mol. The van der Waals surface area contributed by atoms with Crippen molar-refractivity contribution in [3.05, 3.63) is 100.0 Å². The van der Waals surface area contributed by atoms with E-state index in [0.29, 0.717) is 26.3 Å². The average Bonchev–Trinajstić information content (AvgIpc) is 2.79. The smallest absolute Gasteiger partial charge is 0.292 e. The number of benzene rings is 3. The second kappa shape index (κ2) is 9.68. The highest BCUT2D eigenvalue weighted by molar-refractivity contribution is 7.99. The summed E-state index contributed by atoms with van der Waals surface area (Å²) in [7, 11) is 0. The molecule has 34 heavy (non-hydrogen) atoms. The number of aliphatic imine (C=N–C) groups is 1. The van der Waals surface area contributed by atoms with Crippen LogP contribution in [0.1, 0.15) is 22.3 Å². The Morgan fingerprint density at radius 3 is 2.59 bits per heavy atom. The fraction of sp³-hybridized carbons (Fsp3) is 0.154. The van der Waals surface area contributed by atoms with Gasteiger partial charge >= 0.3 is 0 Å². The molecule has 1 heterocycles. The van der Waals surface area contributed by atoms with Crippen molar-refractivity contribution < 1.29 is 18.3 Å². The standard InChI is InChI=1S/C26H20ClF3N2OS/c1-15-7-9-19(16(2)11-15)26(29,30)14-32-25(33)24-18-5-3-4-6-22(18)31-13-23(24)34-17-8-10-21(28)20(27)12-17/h3-13H,14H2,1-2H3,(H,32,33)/p-1. The van der Waals surface area contributed by atoms with E-state index in [4.69, 9.17) is 11.6 Å². The number of aromatic nitrogens is 1. The number of fused-ring (bicyclic) bond motifs is 1. The summed E-state index contributed by atoms with van der Waals surface area (Å²) < 4.78 is 43.5. The van der Waals surface area contributed by atoms with Crippen molar-refractivity contribution in [2.45, 2.75) is 29.6 Å². The van der Waals surface area contributed by atoms with E-state index in [1.165, 1.54) is 30.5 Å². The molecule has 0 aliphatic heterocycles. The van der Waals surface area contributed by atoms with E-state index < -0.39 is 24.2 Å². The summed E-state index contributed by atoms with van der Waals surface area (Å²) in [6, 6.07) is 15.7. The Balaban J connectivity index is 1.74. The quantitative estimate of drug-likeness (QED) is 0.219. The highest BCUT2D eigenvalue weighted by Gasteiger charge is 2.32. The van der Waals surface area contributed by atoms with E-state index in [1.54, 1.807) is 43.3 Å². The monoisotopic (exact) mass is 499 g/mol. The highest BCUT2D eigenvalue weighted by Crippen LogP contribution is 2.36. The third-order valence-corrected chi connectivity index (χ3v) is 6.58. The fourth-order valence-electron chi connectivity index (χ4n) is 3.65. The van der Waals surface area contributed by atoms with E-state index in [-0.39, 0.29) is 16.1 Å². The van der Waals surface area contributed by atoms with Crippen molar-refractivity contribution in [2.24, 2.45) is 4.99 Å². The third kappa shape index (κ3) is 5.05. The Hall–Kier alpha value is -3.03. The van der Waals surface area contributed by atoms with Gasteiger partial charge in [0.25, 0.3) is 5.92 Å². The molecule has 0 N–H and O–H groups in total. The zero-order chi connectivity index (χ0) is 24.5. The number of para-hydroxylation sites is 1. The lowest BCUT2D eigenvalue weighted by atomic mass is 10.0. The first-order valence-corrected chi connectivity index (χ1v) is 11.5. The number of nitrogens with zero attached hydrogens (tertiary/aromatic N) is 2. The Bertz CT molecular complexity index is 1410. The summed E-state index contributed by atoms with van der Waals surface area (Å²) >= 11 is 7.02. The van der Waals surface area contributed by atoms with E-state index in [2.05, 4.69) is 9.98 Å². The van der Waals surface area contributed by atoms with Crippen molar-refractivity contribution >= 4 is 40.2 Å². The number of rotatable bonds is 6. The zero-order valence-electron chi connectivity index (χ0n) is 18.3. The predicted molar refractivity (Wildman–Crippen MR) is 128 cm³/mol. The van der Waals surface area contributed by atoms with Crippen LogP contribution in [-0.4, -0.2) is 17.4 Å². The minimum atomic E-state index is -3.31. The molecule has 3 nitrogen and oxygen atoms in total. The van der Waals surface area contributed by atoms with Gasteiger partial charge in [-0.2, -0.15) is 8.78 Å². The Morgan fingerprint density at radius 2 is 1.85 bits per heavy atom. The molecule has 0 aliphatic carbocycles. The van der Waals surface area contributed by atoms with Gasteiger partial charge in [0.15, 0.2) is 0 Å². The summed E-state index contributed by atoms with van der Waals surface area (Å²) in [6.07, 6.45) is 1.48. The first-order valence-electron chi connectivity index (χ1n) is 10.3. The lowest BCUT2D eigenvalue weighted by molar-refractivity contribution is -0.213. The molecule has 4 aromatic rings. The van der Waals surface area contributed by atoms with Crippen LogP contribution in [0.15, 0.2) is 81.6 Å². The van der Waals surface area contributed by atoms with Crippen LogP contribution in [0, 0.1) is 19.7 Å². The van der Waals surface area contributed by atoms with Crippen molar-refractivity contribution in [2.75, 3.05) is 6.54 Å². The molecule has 0 amide bonds. The SMILES string of the molecule is Cc1ccc(C(F)(F)CN=C([O-])c2c(Sc3ccc(F)c(Cl)c3)cnc3ccccc23)c(C)c1. The van der Waals surface area contributed by atoms with Crippen LogP contribution in [-0.2, 0) is 5.92 Å². The van der Waals surface area contributed by atoms with Gasteiger partial charge in [0.1, 0.15) is 12.4 Å². The van der Waals surface area contributed by atoms with Crippen LogP contribution in [0.4, 0.5) is 13.2 Å². The molecule has 8 heteroatoms. The summed E-state index contributed by atoms with van der Waals surface area (Å²) in [6.45, 7) is 2.45. The molecule has 0 saturated carbocycles. The number of alkyl halides is 2. The zero-order valence-corrected chi connectivity index (χ0v) is 19.9. The van der Waals surface area contributed by atoms with Crippen LogP contribution < -0.4 is 5.11 Å². The number of aryl methyl sites for hydroxylation is 2. The van der Waals surface area contributed by atoms with Gasteiger partial charge in [-0.05, 0) is 49.6 Å². The Kier molecular flexibility index (Phi) is 6.86. The van der Waals surface area contributed by atoms with Gasteiger partial charge in [-0.3, -0.25) is 9.98 Å². The fourth-order valence-corrected chi connectivity index (χ4v) is 4.86. The van der Waals surface area contributed by atoms with Crippen LogP contribution in [0.5, 0.6) is 0 Å². The Morgan fingerprint density at radius 1 is 1.09 bits per heavy atom. The molecule has 0 unspecified atom stereocenters. The maximum Gasteiger partial charge on any atom is 0.292 e. The van der Waals surface area contributed by atoms with Gasteiger partial charge in [0.2, 0.25) is 0 Å². The summed E-state index contributed by atoms with van der Waals surface area (Å²) in [5.74, 6) is -4.66. The molecular weight excluding hydrogens is 481 g/mol. The van der Waals surface area contributed by atoms with Gasteiger partial charge < -0.3 is 5.11 Å². The normalized spacial score (nSPS) is 12.4. The topological polar surface area (TPSA) is 48.3 Å². The minimum absolute atomic E-state index is 0.0653. The largest absolute Gasteiger partial charge is 0.858 e. The molecule has 0 bridgehead atoms. The number of hydrogen-bond acceptors (Lipinski definition) is 4. The van der Waals surface area contributed by atoms with Crippen molar-refractivity contribution in [1.82, 2.24) is 4.98 Å². The summed E-state index contributed by atoms with van der Waals surface area (Å²) in [5, 5.41) is 13.6. The number of halogens is 4. The summed E-state index contributed by atoms with van der Waals surface area (Å²) in [4.78, 5) is 9.12. The number of hydrogen-bond donors (Lipinski definition) is 0. The Labute approximate surface area is 204 Å². The predicted octanol–water partition coefficient (Wildman–Crippen LogP) is 6.69. The van der Waals surface area contributed by atoms with Gasteiger partial charge in [-0.1, -0.05) is 65.3 Å². The van der Waals surface area contributed by atoms with Gasteiger partial charge in [0, 0.05) is 32.5 Å². The van der Waals surface area contributed by atoms with Gasteiger partial charge in [0.05, 0.1) is 10.5 Å². The number of pyridine rings is 1. The maximum atomic E-state index is 15.0. The van der Waals surface area contributed by atoms with Crippen molar-refractivity contribution in [3.8, 4) is 0 Å². The molecule has 0 saturated heterocycles. The molecule has 0 fully saturated rings. The second-order valence-electron chi connectivity index (χ2n) is 7.84. The van der Waals surface area contributed by atoms with E-state index in [1.807, 2.05) is 6.92 Å². The van der Waals surface area contributed by atoms with Crippen LogP contribution >= 0.6 is 23.4 Å². The van der Waals surface area contributed by atoms with Crippen molar-refractivity contribution in [1.29, 1.82) is 0 Å². The first-order chi connectivity index (χ1) is 16.2.